The summed E-state index contributed by atoms with van der Waals surface area (Å²) in [6.45, 7) is 10.1. The Labute approximate surface area is 236 Å². The van der Waals surface area contributed by atoms with Gasteiger partial charge in [-0.1, -0.05) is 37.6 Å². The van der Waals surface area contributed by atoms with Gasteiger partial charge in [-0.05, 0) is 85.5 Å². The smallest absolute Gasteiger partial charge is 0.449 e. The fraction of sp³-hybridized carbons (Fsp3) is 0.406. The number of amides is 2. The molecular formula is C32H38N4O4. The van der Waals surface area contributed by atoms with E-state index < -0.39 is 6.16 Å². The van der Waals surface area contributed by atoms with E-state index in [1.807, 2.05) is 62.8 Å². The summed E-state index contributed by atoms with van der Waals surface area (Å²) in [4.78, 5) is 36.2. The van der Waals surface area contributed by atoms with Gasteiger partial charge in [-0.2, -0.15) is 0 Å². The Morgan fingerprint density at radius 3 is 2.38 bits per heavy atom. The Morgan fingerprint density at radius 2 is 1.73 bits per heavy atom. The van der Waals surface area contributed by atoms with Crippen LogP contribution >= 0.6 is 0 Å². The van der Waals surface area contributed by atoms with Crippen molar-refractivity contribution in [3.8, 4) is 5.75 Å². The first-order valence-corrected chi connectivity index (χ1v) is 13.9. The lowest BCUT2D eigenvalue weighted by molar-refractivity contribution is 0.129. The molecule has 40 heavy (non-hydrogen) atoms. The van der Waals surface area contributed by atoms with Crippen LogP contribution in [-0.2, 0) is 5.41 Å². The van der Waals surface area contributed by atoms with E-state index in [1.165, 1.54) is 0 Å². The number of rotatable bonds is 5. The second-order valence-electron chi connectivity index (χ2n) is 11.7. The summed E-state index contributed by atoms with van der Waals surface area (Å²) in [5.74, 6) is 0.275. The van der Waals surface area contributed by atoms with E-state index in [2.05, 4.69) is 41.6 Å². The molecule has 2 aromatic carbocycles. The standard InChI is InChI=1S/C32H38N4O4/c1-21-6-9-28(22(2)18-21)34(5)30(37)36(24-12-16-35(17-13-24)23-10-14-33-15-11-23)29-20-32(3,4)27-8-7-25(19-26(27)29)40-31(38)39/h6-11,14-15,18-19,24,29H,12-13,16-17,20H2,1-5H3,(H,38,39). The molecule has 2 heterocycles. The third-order valence-corrected chi connectivity index (χ3v) is 8.46. The van der Waals surface area contributed by atoms with Gasteiger partial charge >= 0.3 is 12.2 Å². The fourth-order valence-corrected chi connectivity index (χ4v) is 6.51. The Balaban J connectivity index is 1.51. The molecule has 2 amide bonds. The van der Waals surface area contributed by atoms with Crippen molar-refractivity contribution in [2.45, 2.75) is 64.5 Å². The fourth-order valence-electron chi connectivity index (χ4n) is 6.51. The van der Waals surface area contributed by atoms with Gasteiger partial charge in [-0.3, -0.25) is 9.88 Å². The first-order valence-electron chi connectivity index (χ1n) is 13.9. The highest BCUT2D eigenvalue weighted by Gasteiger charge is 2.45. The zero-order chi connectivity index (χ0) is 28.6. The van der Waals surface area contributed by atoms with Gasteiger partial charge in [0.1, 0.15) is 5.75 Å². The van der Waals surface area contributed by atoms with Crippen LogP contribution in [0.15, 0.2) is 60.9 Å². The van der Waals surface area contributed by atoms with Gasteiger partial charge in [0, 0.05) is 49.9 Å². The number of piperidine rings is 1. The van der Waals surface area contributed by atoms with E-state index in [-0.39, 0.29) is 29.3 Å². The maximum atomic E-state index is 14.5. The maximum Gasteiger partial charge on any atom is 0.511 e. The lowest BCUT2D eigenvalue weighted by Gasteiger charge is -2.44. The highest BCUT2D eigenvalue weighted by Crippen LogP contribution is 2.50. The Bertz CT molecular complexity index is 1400. The molecule has 0 spiro atoms. The molecular weight excluding hydrogens is 504 g/mol. The molecule has 1 N–H and O–H groups in total. The van der Waals surface area contributed by atoms with Crippen molar-refractivity contribution in [1.29, 1.82) is 0 Å². The molecule has 0 saturated carbocycles. The molecule has 1 atom stereocenters. The van der Waals surface area contributed by atoms with Crippen LogP contribution in [0.4, 0.5) is 21.0 Å². The third-order valence-electron chi connectivity index (χ3n) is 8.46. The molecule has 1 aromatic heterocycles. The molecule has 1 aliphatic carbocycles. The zero-order valence-electron chi connectivity index (χ0n) is 23.9. The molecule has 2 aliphatic rings. The number of aromatic nitrogens is 1. The SMILES string of the molecule is Cc1ccc(N(C)C(=O)N(C2CCN(c3ccncc3)CC2)C2CC(C)(C)c3ccc(OC(=O)O)cc32)c(C)c1. The minimum atomic E-state index is -1.35. The quantitative estimate of drug-likeness (QED) is 0.285. The number of anilines is 2. The summed E-state index contributed by atoms with van der Waals surface area (Å²) in [7, 11) is 1.85. The summed E-state index contributed by atoms with van der Waals surface area (Å²) in [6.07, 6.45) is 4.67. The number of urea groups is 1. The first-order chi connectivity index (χ1) is 19.0. The number of carboxylic acid groups (broad SMARTS) is 1. The molecule has 1 aliphatic heterocycles. The lowest BCUT2D eigenvalue weighted by atomic mass is 9.86. The number of aryl methyl sites for hydroxylation is 2. The number of nitrogens with zero attached hydrogens (tertiary/aromatic N) is 4. The Kier molecular flexibility index (Phi) is 7.45. The largest absolute Gasteiger partial charge is 0.511 e. The summed E-state index contributed by atoms with van der Waals surface area (Å²) in [5, 5.41) is 9.25. The van der Waals surface area contributed by atoms with Crippen molar-refractivity contribution >= 4 is 23.6 Å². The van der Waals surface area contributed by atoms with Crippen molar-refractivity contribution in [3.63, 3.8) is 0 Å². The van der Waals surface area contributed by atoms with Crippen LogP contribution in [0.1, 0.15) is 61.4 Å². The Hall–Kier alpha value is -4.07. The molecule has 8 nitrogen and oxygen atoms in total. The first kappa shape index (κ1) is 27.5. The average Bonchev–Trinajstić information content (AvgIpc) is 3.18. The number of hydrogen-bond donors (Lipinski definition) is 1. The predicted octanol–water partition coefficient (Wildman–Crippen LogP) is 6.71. The Morgan fingerprint density at radius 1 is 1.02 bits per heavy atom. The van der Waals surface area contributed by atoms with Gasteiger partial charge in [-0.15, -0.1) is 0 Å². The van der Waals surface area contributed by atoms with E-state index >= 15 is 0 Å². The van der Waals surface area contributed by atoms with Gasteiger partial charge in [0.15, 0.2) is 0 Å². The van der Waals surface area contributed by atoms with Gasteiger partial charge in [0.05, 0.1) is 6.04 Å². The van der Waals surface area contributed by atoms with Gasteiger partial charge in [-0.25, -0.2) is 9.59 Å². The van der Waals surface area contributed by atoms with E-state index in [4.69, 9.17) is 4.74 Å². The second-order valence-corrected chi connectivity index (χ2v) is 11.7. The van der Waals surface area contributed by atoms with Gasteiger partial charge in [0.25, 0.3) is 0 Å². The van der Waals surface area contributed by atoms with Crippen LogP contribution in [0, 0.1) is 13.8 Å². The number of ether oxygens (including phenoxy) is 1. The number of carbonyl (C=O) groups excluding carboxylic acids is 1. The topological polar surface area (TPSA) is 86.2 Å². The normalized spacial score (nSPS) is 18.2. The molecule has 5 rings (SSSR count). The van der Waals surface area contributed by atoms with E-state index in [0.29, 0.717) is 0 Å². The number of hydrogen-bond acceptors (Lipinski definition) is 5. The van der Waals surface area contributed by atoms with Crippen molar-refractivity contribution in [1.82, 2.24) is 9.88 Å². The summed E-state index contributed by atoms with van der Waals surface area (Å²) in [5.41, 5.74) is 6.12. The molecule has 3 aromatic rings. The van der Waals surface area contributed by atoms with Gasteiger partial charge < -0.3 is 19.6 Å². The monoisotopic (exact) mass is 542 g/mol. The minimum absolute atomic E-state index is 0.0228. The number of carbonyl (C=O) groups is 2. The highest BCUT2D eigenvalue weighted by molar-refractivity contribution is 5.93. The molecule has 1 fully saturated rings. The van der Waals surface area contributed by atoms with Crippen LogP contribution in [-0.4, -0.2) is 53.4 Å². The van der Waals surface area contributed by atoms with Crippen molar-refractivity contribution in [2.75, 3.05) is 29.9 Å². The van der Waals surface area contributed by atoms with E-state index in [9.17, 15) is 14.7 Å². The number of pyridine rings is 1. The zero-order valence-corrected chi connectivity index (χ0v) is 23.9. The molecule has 1 saturated heterocycles. The van der Waals surface area contributed by atoms with E-state index in [0.717, 1.165) is 66.0 Å². The van der Waals surface area contributed by atoms with Crippen LogP contribution in [0.5, 0.6) is 5.75 Å². The summed E-state index contributed by atoms with van der Waals surface area (Å²) < 4.78 is 5.04. The van der Waals surface area contributed by atoms with Crippen molar-refractivity contribution < 1.29 is 19.4 Å². The molecule has 210 valence electrons. The lowest BCUT2D eigenvalue weighted by Crippen LogP contribution is -2.52. The summed E-state index contributed by atoms with van der Waals surface area (Å²) in [6, 6.07) is 15.4. The van der Waals surface area contributed by atoms with Gasteiger partial charge in [0.2, 0.25) is 0 Å². The minimum Gasteiger partial charge on any atom is -0.449 e. The average molecular weight is 543 g/mol. The van der Waals surface area contributed by atoms with Crippen LogP contribution in [0.3, 0.4) is 0 Å². The van der Waals surface area contributed by atoms with Crippen LogP contribution < -0.4 is 14.5 Å². The van der Waals surface area contributed by atoms with Crippen molar-refractivity contribution in [2.24, 2.45) is 0 Å². The molecule has 0 radical (unpaired) electrons. The maximum absolute atomic E-state index is 14.5. The molecule has 0 bridgehead atoms. The highest BCUT2D eigenvalue weighted by atomic mass is 16.7. The predicted molar refractivity (Wildman–Crippen MR) is 157 cm³/mol. The molecule has 8 heteroatoms. The number of fused-ring (bicyclic) bond motifs is 1. The van der Waals surface area contributed by atoms with E-state index in [1.54, 1.807) is 11.0 Å². The van der Waals surface area contributed by atoms with Crippen LogP contribution in [0.25, 0.3) is 0 Å². The number of benzene rings is 2. The summed E-state index contributed by atoms with van der Waals surface area (Å²) >= 11 is 0. The second kappa shape index (κ2) is 10.8. The molecule has 1 unspecified atom stereocenters. The third kappa shape index (κ3) is 5.35. The van der Waals surface area contributed by atoms with Crippen LogP contribution in [0.2, 0.25) is 0 Å². The van der Waals surface area contributed by atoms with Crippen molar-refractivity contribution in [3.05, 3.63) is 83.2 Å².